The highest BCUT2D eigenvalue weighted by atomic mass is 32.1. The van der Waals surface area contributed by atoms with Gasteiger partial charge in [0.25, 0.3) is 5.92 Å². The van der Waals surface area contributed by atoms with Gasteiger partial charge in [0.15, 0.2) is 0 Å². The molecule has 7 nitrogen and oxygen atoms in total. The zero-order valence-corrected chi connectivity index (χ0v) is 18.5. The summed E-state index contributed by atoms with van der Waals surface area (Å²) in [6.45, 7) is 0.489. The first kappa shape index (κ1) is 21.5. The molecule has 0 atom stereocenters. The number of aliphatic hydroxyl groups is 1. The lowest BCUT2D eigenvalue weighted by Gasteiger charge is -2.26. The highest BCUT2D eigenvalue weighted by Crippen LogP contribution is 2.28. The molecule has 2 fully saturated rings. The third-order valence-corrected chi connectivity index (χ3v) is 7.02. The maximum Gasteiger partial charge on any atom is 0.261 e. The van der Waals surface area contributed by atoms with E-state index in [4.69, 9.17) is 4.98 Å². The van der Waals surface area contributed by atoms with Gasteiger partial charge in [0.2, 0.25) is 5.95 Å². The first-order chi connectivity index (χ1) is 15.4. The summed E-state index contributed by atoms with van der Waals surface area (Å²) < 4.78 is 27.3. The second-order valence-electron chi connectivity index (χ2n) is 8.75. The summed E-state index contributed by atoms with van der Waals surface area (Å²) in [6.07, 6.45) is 5.15. The Morgan fingerprint density at radius 3 is 2.72 bits per heavy atom. The topological polar surface area (TPSA) is 87.1 Å². The highest BCUT2D eigenvalue weighted by Gasteiger charge is 2.38. The number of aromatic nitrogens is 4. The first-order valence-electron chi connectivity index (χ1n) is 11.0. The van der Waals surface area contributed by atoms with E-state index in [0.717, 1.165) is 52.4 Å². The minimum Gasteiger partial charge on any atom is -0.393 e. The number of pyridine rings is 1. The number of nitrogens with zero attached hydrogens (tertiary/aromatic N) is 5. The normalized spacial score (nSPS) is 23.6. The summed E-state index contributed by atoms with van der Waals surface area (Å²) in [7, 11) is 0. The summed E-state index contributed by atoms with van der Waals surface area (Å²) >= 11 is 1.53. The maximum atomic E-state index is 13.7. The van der Waals surface area contributed by atoms with Crippen molar-refractivity contribution in [1.82, 2.24) is 24.8 Å². The molecule has 1 saturated heterocycles. The van der Waals surface area contributed by atoms with Crippen LogP contribution in [0.2, 0.25) is 0 Å². The van der Waals surface area contributed by atoms with Crippen molar-refractivity contribution >= 4 is 27.6 Å². The van der Waals surface area contributed by atoms with E-state index in [-0.39, 0.29) is 25.1 Å². The molecule has 1 saturated carbocycles. The molecule has 10 heteroatoms. The second-order valence-corrected chi connectivity index (χ2v) is 9.81. The number of likely N-dealkylation sites (tertiary alicyclic amines) is 1. The van der Waals surface area contributed by atoms with Crippen LogP contribution in [0.1, 0.15) is 48.5 Å². The Morgan fingerprint density at radius 2 is 1.97 bits per heavy atom. The van der Waals surface area contributed by atoms with E-state index in [2.05, 4.69) is 20.3 Å². The van der Waals surface area contributed by atoms with Gasteiger partial charge < -0.3 is 10.4 Å². The van der Waals surface area contributed by atoms with Crippen molar-refractivity contribution in [2.45, 2.75) is 63.1 Å². The van der Waals surface area contributed by atoms with Crippen LogP contribution in [0.5, 0.6) is 0 Å². The third kappa shape index (κ3) is 5.19. The van der Waals surface area contributed by atoms with Gasteiger partial charge in [-0.1, -0.05) is 11.3 Å². The van der Waals surface area contributed by atoms with Gasteiger partial charge in [-0.2, -0.15) is 0 Å². The highest BCUT2D eigenvalue weighted by molar-refractivity contribution is 7.18. The standard InChI is InChI=1S/C22H26F2N6OS/c23-22(24)7-9-30(13-22)12-16-10-15(11-19-29-18-2-1-8-25-20(18)32-19)27-21(28-16)26-14-3-5-17(31)6-4-14/h1-2,8,10,14,17,31H,3-7,9,11-13H2,(H,26,27,28). The Morgan fingerprint density at radius 1 is 1.16 bits per heavy atom. The van der Waals surface area contributed by atoms with Crippen molar-refractivity contribution in [1.29, 1.82) is 0 Å². The zero-order valence-electron chi connectivity index (χ0n) is 17.7. The number of alkyl halides is 2. The largest absolute Gasteiger partial charge is 0.393 e. The van der Waals surface area contributed by atoms with Gasteiger partial charge in [-0.05, 0) is 43.9 Å². The summed E-state index contributed by atoms with van der Waals surface area (Å²) in [6, 6.07) is 5.89. The maximum absolute atomic E-state index is 13.7. The quantitative estimate of drug-likeness (QED) is 0.581. The van der Waals surface area contributed by atoms with Gasteiger partial charge in [0, 0.05) is 38.2 Å². The average molecular weight is 461 g/mol. The monoisotopic (exact) mass is 460 g/mol. The van der Waals surface area contributed by atoms with E-state index in [0.29, 0.717) is 25.5 Å². The molecule has 1 aliphatic heterocycles. The second kappa shape index (κ2) is 8.92. The fourth-order valence-electron chi connectivity index (χ4n) is 4.41. The molecule has 0 unspecified atom stereocenters. The minimum atomic E-state index is -2.63. The summed E-state index contributed by atoms with van der Waals surface area (Å²) in [5.41, 5.74) is 2.39. The van der Waals surface area contributed by atoms with Crippen LogP contribution in [0.4, 0.5) is 14.7 Å². The van der Waals surface area contributed by atoms with E-state index < -0.39 is 5.92 Å². The molecule has 3 aromatic heterocycles. The summed E-state index contributed by atoms with van der Waals surface area (Å²) in [5.74, 6) is -2.11. The molecule has 170 valence electrons. The molecule has 2 aliphatic rings. The molecule has 2 N–H and O–H groups in total. The molecule has 32 heavy (non-hydrogen) atoms. The van der Waals surface area contributed by atoms with Gasteiger partial charge in [-0.15, -0.1) is 0 Å². The number of hydrogen-bond acceptors (Lipinski definition) is 8. The van der Waals surface area contributed by atoms with Crippen LogP contribution in [-0.2, 0) is 13.0 Å². The smallest absolute Gasteiger partial charge is 0.261 e. The average Bonchev–Trinajstić information content (AvgIpc) is 3.31. The van der Waals surface area contributed by atoms with Crippen molar-refractivity contribution in [2.75, 3.05) is 18.4 Å². The molecule has 0 spiro atoms. The summed E-state index contributed by atoms with van der Waals surface area (Å²) in [4.78, 5) is 21.0. The number of aliphatic hydroxyl groups excluding tert-OH is 1. The molecular weight excluding hydrogens is 434 g/mol. The Bertz CT molecular complexity index is 1050. The predicted molar refractivity (Wildman–Crippen MR) is 119 cm³/mol. The Kier molecular flexibility index (Phi) is 6.00. The molecule has 0 radical (unpaired) electrons. The van der Waals surface area contributed by atoms with Crippen molar-refractivity contribution in [3.05, 3.63) is 40.8 Å². The summed E-state index contributed by atoms with van der Waals surface area (Å²) in [5, 5.41) is 14.1. The lowest BCUT2D eigenvalue weighted by atomic mass is 9.93. The van der Waals surface area contributed by atoms with Crippen LogP contribution in [0, 0.1) is 0 Å². The Hall–Kier alpha value is -2.30. The minimum absolute atomic E-state index is 0.112. The number of halogens is 2. The van der Waals surface area contributed by atoms with Crippen molar-refractivity contribution in [2.24, 2.45) is 0 Å². The van der Waals surface area contributed by atoms with E-state index in [1.165, 1.54) is 11.3 Å². The van der Waals surface area contributed by atoms with Gasteiger partial charge >= 0.3 is 0 Å². The first-order valence-corrected chi connectivity index (χ1v) is 11.9. The fraction of sp³-hybridized carbons (Fsp3) is 0.545. The number of hydrogen-bond donors (Lipinski definition) is 2. The van der Waals surface area contributed by atoms with Crippen LogP contribution >= 0.6 is 11.3 Å². The number of fused-ring (bicyclic) bond motifs is 1. The Balaban J connectivity index is 1.37. The molecule has 0 bridgehead atoms. The molecule has 0 amide bonds. The molecule has 4 heterocycles. The van der Waals surface area contributed by atoms with E-state index in [1.54, 1.807) is 11.1 Å². The van der Waals surface area contributed by atoms with Crippen LogP contribution < -0.4 is 5.32 Å². The number of rotatable bonds is 6. The molecular formula is C22H26F2N6OS. The SMILES string of the molecule is OC1CCC(Nc2nc(Cc3nc4cccnc4s3)cc(CN3CCC(F)(F)C3)n2)CC1. The van der Waals surface area contributed by atoms with Gasteiger partial charge in [-0.3, -0.25) is 4.90 Å². The fourth-order valence-corrected chi connectivity index (χ4v) is 5.33. The third-order valence-electron chi connectivity index (χ3n) is 6.04. The van der Waals surface area contributed by atoms with E-state index in [1.807, 2.05) is 18.2 Å². The van der Waals surface area contributed by atoms with Gasteiger partial charge in [0.05, 0.1) is 24.0 Å². The van der Waals surface area contributed by atoms with E-state index >= 15 is 0 Å². The number of nitrogens with one attached hydrogen (secondary N) is 1. The molecule has 5 rings (SSSR count). The Labute approximate surface area is 188 Å². The molecule has 1 aliphatic carbocycles. The zero-order chi connectivity index (χ0) is 22.1. The van der Waals surface area contributed by atoms with Crippen LogP contribution in [-0.4, -0.2) is 61.1 Å². The van der Waals surface area contributed by atoms with Crippen molar-refractivity contribution in [3.8, 4) is 0 Å². The molecule has 3 aromatic rings. The van der Waals surface area contributed by atoms with E-state index in [9.17, 15) is 13.9 Å². The number of thiazole rings is 1. The van der Waals surface area contributed by atoms with Crippen molar-refractivity contribution < 1.29 is 13.9 Å². The van der Waals surface area contributed by atoms with Gasteiger partial charge in [-0.25, -0.2) is 28.7 Å². The van der Waals surface area contributed by atoms with Gasteiger partial charge in [0.1, 0.15) is 15.4 Å². The predicted octanol–water partition coefficient (Wildman–Crippen LogP) is 3.63. The van der Waals surface area contributed by atoms with Crippen LogP contribution in [0.3, 0.4) is 0 Å². The van der Waals surface area contributed by atoms with Crippen molar-refractivity contribution in [3.63, 3.8) is 0 Å². The lowest BCUT2D eigenvalue weighted by Crippen LogP contribution is -2.29. The van der Waals surface area contributed by atoms with Crippen LogP contribution in [0.15, 0.2) is 24.4 Å². The lowest BCUT2D eigenvalue weighted by molar-refractivity contribution is 0.0114. The van der Waals surface area contributed by atoms with Crippen LogP contribution in [0.25, 0.3) is 10.3 Å². The number of anilines is 1. The molecule has 0 aromatic carbocycles.